The third-order valence-corrected chi connectivity index (χ3v) is 4.49. The van der Waals surface area contributed by atoms with Gasteiger partial charge in [-0.2, -0.15) is 0 Å². The van der Waals surface area contributed by atoms with Crippen molar-refractivity contribution in [3.05, 3.63) is 0 Å². The van der Waals surface area contributed by atoms with E-state index in [1.807, 2.05) is 0 Å². The van der Waals surface area contributed by atoms with E-state index in [0.717, 1.165) is 51.7 Å². The summed E-state index contributed by atoms with van der Waals surface area (Å²) in [6.45, 7) is 10.8. The summed E-state index contributed by atoms with van der Waals surface area (Å²) in [7, 11) is 0. The Kier molecular flexibility index (Phi) is 4.83. The van der Waals surface area contributed by atoms with Gasteiger partial charge in [-0.1, -0.05) is 13.8 Å². The number of ether oxygens (including phenoxy) is 2. The van der Waals surface area contributed by atoms with Crippen LogP contribution in [0.1, 0.15) is 39.5 Å². The molecule has 2 fully saturated rings. The Morgan fingerprint density at radius 2 is 2.06 bits per heavy atom. The van der Waals surface area contributed by atoms with Crippen LogP contribution in [0.25, 0.3) is 0 Å². The first-order valence-corrected chi connectivity index (χ1v) is 7.22. The summed E-state index contributed by atoms with van der Waals surface area (Å²) in [5, 5.41) is 0. The van der Waals surface area contributed by atoms with Crippen molar-refractivity contribution in [2.24, 2.45) is 5.92 Å². The molecule has 17 heavy (non-hydrogen) atoms. The number of morpholine rings is 1. The molecule has 0 aliphatic carbocycles. The molecule has 0 unspecified atom stereocenters. The van der Waals surface area contributed by atoms with E-state index in [-0.39, 0.29) is 5.60 Å². The number of hydrogen-bond donors (Lipinski definition) is 0. The van der Waals surface area contributed by atoms with Gasteiger partial charge in [0.05, 0.1) is 12.2 Å². The summed E-state index contributed by atoms with van der Waals surface area (Å²) in [5.41, 5.74) is 0.129. The van der Waals surface area contributed by atoms with Gasteiger partial charge < -0.3 is 9.47 Å². The highest BCUT2D eigenvalue weighted by molar-refractivity contribution is 4.85. The molecular weight excluding hydrogens is 214 g/mol. The van der Waals surface area contributed by atoms with Gasteiger partial charge in [0, 0.05) is 26.3 Å². The van der Waals surface area contributed by atoms with Crippen molar-refractivity contribution in [1.29, 1.82) is 0 Å². The van der Waals surface area contributed by atoms with E-state index in [1.165, 1.54) is 19.4 Å². The normalized spacial score (nSPS) is 29.6. The minimum Gasteiger partial charge on any atom is -0.381 e. The molecule has 0 amide bonds. The molecule has 3 heteroatoms. The van der Waals surface area contributed by atoms with Crippen LogP contribution in [0, 0.1) is 5.92 Å². The molecule has 0 bridgehead atoms. The van der Waals surface area contributed by atoms with Crippen LogP contribution in [0.5, 0.6) is 0 Å². The SMILES string of the molecule is CCC1(CC)CN(CC[C@H]2CCOC2)CCO1. The maximum absolute atomic E-state index is 6.00. The lowest BCUT2D eigenvalue weighted by Crippen LogP contribution is -2.51. The Morgan fingerprint density at radius 1 is 1.24 bits per heavy atom. The van der Waals surface area contributed by atoms with Crippen molar-refractivity contribution in [3.63, 3.8) is 0 Å². The molecule has 0 spiro atoms. The first-order chi connectivity index (χ1) is 8.28. The quantitative estimate of drug-likeness (QED) is 0.737. The van der Waals surface area contributed by atoms with E-state index in [2.05, 4.69) is 18.7 Å². The second-order valence-corrected chi connectivity index (χ2v) is 5.53. The van der Waals surface area contributed by atoms with Crippen LogP contribution in [0.15, 0.2) is 0 Å². The largest absolute Gasteiger partial charge is 0.381 e. The minimum absolute atomic E-state index is 0.129. The Labute approximate surface area is 105 Å². The highest BCUT2D eigenvalue weighted by atomic mass is 16.5. The van der Waals surface area contributed by atoms with Gasteiger partial charge in [-0.25, -0.2) is 0 Å². The van der Waals surface area contributed by atoms with Crippen molar-refractivity contribution < 1.29 is 9.47 Å². The predicted octanol–water partition coefficient (Wildman–Crippen LogP) is 2.30. The maximum Gasteiger partial charge on any atom is 0.0804 e. The van der Waals surface area contributed by atoms with Gasteiger partial charge in [0.1, 0.15) is 0 Å². The molecule has 0 N–H and O–H groups in total. The van der Waals surface area contributed by atoms with Gasteiger partial charge in [0.25, 0.3) is 0 Å². The fraction of sp³-hybridized carbons (Fsp3) is 1.00. The minimum atomic E-state index is 0.129. The second-order valence-electron chi connectivity index (χ2n) is 5.53. The number of hydrogen-bond acceptors (Lipinski definition) is 3. The highest BCUT2D eigenvalue weighted by Gasteiger charge is 2.33. The summed E-state index contributed by atoms with van der Waals surface area (Å²) in [5.74, 6) is 0.801. The van der Waals surface area contributed by atoms with E-state index < -0.39 is 0 Å². The van der Waals surface area contributed by atoms with Crippen molar-refractivity contribution in [1.82, 2.24) is 4.90 Å². The molecular formula is C14H27NO2. The van der Waals surface area contributed by atoms with E-state index in [1.54, 1.807) is 0 Å². The molecule has 2 aliphatic rings. The van der Waals surface area contributed by atoms with Crippen LogP contribution in [-0.2, 0) is 9.47 Å². The summed E-state index contributed by atoms with van der Waals surface area (Å²) < 4.78 is 11.4. The van der Waals surface area contributed by atoms with Crippen molar-refractivity contribution in [2.75, 3.05) is 39.5 Å². The second kappa shape index (κ2) is 6.17. The monoisotopic (exact) mass is 241 g/mol. The zero-order valence-corrected chi connectivity index (χ0v) is 11.4. The lowest BCUT2D eigenvalue weighted by atomic mass is 9.94. The van der Waals surface area contributed by atoms with Crippen molar-refractivity contribution in [3.8, 4) is 0 Å². The van der Waals surface area contributed by atoms with E-state index in [0.29, 0.717) is 0 Å². The third-order valence-electron chi connectivity index (χ3n) is 4.49. The Bertz CT molecular complexity index is 222. The molecule has 100 valence electrons. The topological polar surface area (TPSA) is 21.7 Å². The summed E-state index contributed by atoms with van der Waals surface area (Å²) >= 11 is 0. The maximum atomic E-state index is 6.00. The highest BCUT2D eigenvalue weighted by Crippen LogP contribution is 2.26. The molecule has 2 saturated heterocycles. The van der Waals surface area contributed by atoms with Gasteiger partial charge in [0.15, 0.2) is 0 Å². The molecule has 2 aliphatic heterocycles. The van der Waals surface area contributed by atoms with Crippen molar-refractivity contribution >= 4 is 0 Å². The lowest BCUT2D eigenvalue weighted by Gasteiger charge is -2.42. The average Bonchev–Trinajstić information content (AvgIpc) is 2.90. The molecule has 0 saturated carbocycles. The van der Waals surface area contributed by atoms with Crippen molar-refractivity contribution in [2.45, 2.75) is 45.1 Å². The zero-order valence-electron chi connectivity index (χ0n) is 11.4. The Balaban J connectivity index is 1.76. The Morgan fingerprint density at radius 3 is 2.71 bits per heavy atom. The lowest BCUT2D eigenvalue weighted by molar-refractivity contribution is -0.113. The molecule has 1 atom stereocenters. The van der Waals surface area contributed by atoms with E-state index in [9.17, 15) is 0 Å². The van der Waals surface area contributed by atoms with Crippen LogP contribution in [0.2, 0.25) is 0 Å². The first-order valence-electron chi connectivity index (χ1n) is 7.22. The van der Waals surface area contributed by atoms with Crippen LogP contribution in [-0.4, -0.2) is 50.0 Å². The first kappa shape index (κ1) is 13.3. The molecule has 0 radical (unpaired) electrons. The smallest absolute Gasteiger partial charge is 0.0804 e. The van der Waals surface area contributed by atoms with Gasteiger partial charge in [-0.3, -0.25) is 4.90 Å². The van der Waals surface area contributed by atoms with Gasteiger partial charge in [-0.15, -0.1) is 0 Å². The van der Waals surface area contributed by atoms with E-state index >= 15 is 0 Å². The number of nitrogens with zero attached hydrogens (tertiary/aromatic N) is 1. The van der Waals surface area contributed by atoms with Crippen LogP contribution < -0.4 is 0 Å². The summed E-state index contributed by atoms with van der Waals surface area (Å²) in [6, 6.07) is 0. The zero-order chi connectivity index (χ0) is 12.1. The Hall–Kier alpha value is -0.120. The van der Waals surface area contributed by atoms with Crippen LogP contribution in [0.3, 0.4) is 0 Å². The average molecular weight is 241 g/mol. The predicted molar refractivity (Wildman–Crippen MR) is 69.2 cm³/mol. The molecule has 0 aromatic heterocycles. The fourth-order valence-corrected chi connectivity index (χ4v) is 2.97. The molecule has 0 aromatic carbocycles. The number of rotatable bonds is 5. The van der Waals surface area contributed by atoms with Gasteiger partial charge in [-0.05, 0) is 38.1 Å². The molecule has 2 rings (SSSR count). The van der Waals surface area contributed by atoms with Gasteiger partial charge >= 0.3 is 0 Å². The standard InChI is InChI=1S/C14H27NO2/c1-3-14(4-2)12-15(8-10-17-14)7-5-13-6-9-16-11-13/h13H,3-12H2,1-2H3/t13-/m0/s1. The van der Waals surface area contributed by atoms with Gasteiger partial charge in [0.2, 0.25) is 0 Å². The van der Waals surface area contributed by atoms with Crippen LogP contribution >= 0.6 is 0 Å². The molecule has 0 aromatic rings. The summed E-state index contributed by atoms with van der Waals surface area (Å²) in [4.78, 5) is 2.59. The molecule has 3 nitrogen and oxygen atoms in total. The summed E-state index contributed by atoms with van der Waals surface area (Å²) in [6.07, 6.45) is 4.82. The third kappa shape index (κ3) is 3.43. The van der Waals surface area contributed by atoms with E-state index in [4.69, 9.17) is 9.47 Å². The fourth-order valence-electron chi connectivity index (χ4n) is 2.97. The van der Waals surface area contributed by atoms with Crippen LogP contribution in [0.4, 0.5) is 0 Å². The molecule has 2 heterocycles.